The molecule has 0 saturated carbocycles. The highest BCUT2D eigenvalue weighted by atomic mass is 32.2. The SMILES string of the molecule is COCCOCCS(=O)(=O)NCCNC(=O)c1ccccc1. The number of hydrogen-bond acceptors (Lipinski definition) is 5. The first kappa shape index (κ1) is 18.6. The van der Waals surface area contributed by atoms with Gasteiger partial charge in [-0.25, -0.2) is 13.1 Å². The van der Waals surface area contributed by atoms with E-state index in [4.69, 9.17) is 9.47 Å². The molecule has 7 nitrogen and oxygen atoms in total. The van der Waals surface area contributed by atoms with Gasteiger partial charge in [-0.05, 0) is 12.1 Å². The van der Waals surface area contributed by atoms with Crippen molar-refractivity contribution in [3.8, 4) is 0 Å². The number of methoxy groups -OCH3 is 1. The summed E-state index contributed by atoms with van der Waals surface area (Å²) in [5.74, 6) is -0.355. The molecule has 0 radical (unpaired) electrons. The Bertz CT molecular complexity index is 533. The van der Waals surface area contributed by atoms with Gasteiger partial charge in [0.2, 0.25) is 10.0 Å². The van der Waals surface area contributed by atoms with Gasteiger partial charge in [-0.2, -0.15) is 0 Å². The Hall–Kier alpha value is -1.48. The Balaban J connectivity index is 2.16. The van der Waals surface area contributed by atoms with Gasteiger partial charge >= 0.3 is 0 Å². The largest absolute Gasteiger partial charge is 0.382 e. The summed E-state index contributed by atoms with van der Waals surface area (Å²) in [5.41, 5.74) is 0.539. The molecule has 0 spiro atoms. The molecule has 1 aromatic carbocycles. The highest BCUT2D eigenvalue weighted by Crippen LogP contribution is 1.97. The van der Waals surface area contributed by atoms with Crippen LogP contribution in [0.25, 0.3) is 0 Å². The summed E-state index contributed by atoms with van der Waals surface area (Å²) in [4.78, 5) is 11.7. The highest BCUT2D eigenvalue weighted by Gasteiger charge is 2.10. The van der Waals surface area contributed by atoms with Gasteiger partial charge < -0.3 is 14.8 Å². The molecule has 0 bridgehead atoms. The lowest BCUT2D eigenvalue weighted by Gasteiger charge is -2.08. The zero-order chi connectivity index (χ0) is 16.3. The number of rotatable bonds is 11. The second kappa shape index (κ2) is 10.3. The third-order valence-corrected chi connectivity index (χ3v) is 4.04. The van der Waals surface area contributed by atoms with Gasteiger partial charge in [0.25, 0.3) is 5.91 Å². The number of carbonyl (C=O) groups excluding carboxylic acids is 1. The average Bonchev–Trinajstić information content (AvgIpc) is 2.52. The predicted octanol–water partition coefficient (Wildman–Crippen LogP) is -0.00120. The zero-order valence-corrected chi connectivity index (χ0v) is 13.4. The van der Waals surface area contributed by atoms with E-state index >= 15 is 0 Å². The first-order chi connectivity index (χ1) is 10.5. The minimum Gasteiger partial charge on any atom is -0.382 e. The summed E-state index contributed by atoms with van der Waals surface area (Å²) >= 11 is 0. The fraction of sp³-hybridized carbons (Fsp3) is 0.500. The average molecular weight is 330 g/mol. The fourth-order valence-electron chi connectivity index (χ4n) is 1.56. The van der Waals surface area contributed by atoms with E-state index in [9.17, 15) is 13.2 Å². The van der Waals surface area contributed by atoms with Crippen LogP contribution in [0.2, 0.25) is 0 Å². The van der Waals surface area contributed by atoms with Crippen molar-refractivity contribution in [2.24, 2.45) is 0 Å². The fourth-order valence-corrected chi connectivity index (χ4v) is 2.45. The Morgan fingerprint density at radius 2 is 1.82 bits per heavy atom. The van der Waals surface area contributed by atoms with E-state index in [1.54, 1.807) is 31.4 Å². The van der Waals surface area contributed by atoms with E-state index in [0.717, 1.165) is 0 Å². The summed E-state index contributed by atoms with van der Waals surface area (Å²) in [6, 6.07) is 8.73. The molecule has 22 heavy (non-hydrogen) atoms. The van der Waals surface area contributed by atoms with Gasteiger partial charge in [0.05, 0.1) is 25.6 Å². The van der Waals surface area contributed by atoms with Crippen LogP contribution < -0.4 is 10.0 Å². The molecule has 0 atom stereocenters. The molecule has 0 aromatic heterocycles. The molecule has 1 aromatic rings. The lowest BCUT2D eigenvalue weighted by Crippen LogP contribution is -2.36. The molecular weight excluding hydrogens is 308 g/mol. The number of benzene rings is 1. The second-order valence-corrected chi connectivity index (χ2v) is 6.37. The molecule has 2 N–H and O–H groups in total. The van der Waals surface area contributed by atoms with Crippen LogP contribution in [0.5, 0.6) is 0 Å². The van der Waals surface area contributed by atoms with E-state index in [1.807, 2.05) is 6.07 Å². The molecule has 1 amide bonds. The quantitative estimate of drug-likeness (QED) is 0.557. The van der Waals surface area contributed by atoms with Crippen LogP contribution in [0.3, 0.4) is 0 Å². The lowest BCUT2D eigenvalue weighted by atomic mass is 10.2. The van der Waals surface area contributed by atoms with E-state index < -0.39 is 10.0 Å². The molecule has 8 heteroatoms. The number of ether oxygens (including phenoxy) is 2. The first-order valence-electron chi connectivity index (χ1n) is 6.92. The van der Waals surface area contributed by atoms with Gasteiger partial charge in [-0.3, -0.25) is 4.79 Å². The van der Waals surface area contributed by atoms with Crippen LogP contribution in [0.4, 0.5) is 0 Å². The van der Waals surface area contributed by atoms with Gasteiger partial charge in [0, 0.05) is 25.8 Å². The van der Waals surface area contributed by atoms with Crippen molar-refractivity contribution in [1.82, 2.24) is 10.0 Å². The van der Waals surface area contributed by atoms with Crippen molar-refractivity contribution in [1.29, 1.82) is 0 Å². The summed E-state index contributed by atoms with van der Waals surface area (Å²) < 4.78 is 35.6. The normalized spacial score (nSPS) is 11.3. The molecule has 0 aliphatic carbocycles. The second-order valence-electron chi connectivity index (χ2n) is 4.44. The Morgan fingerprint density at radius 3 is 2.50 bits per heavy atom. The Labute approximate surface area is 131 Å². The molecule has 1 rings (SSSR count). The van der Waals surface area contributed by atoms with Crippen molar-refractivity contribution < 1.29 is 22.7 Å². The molecule has 0 heterocycles. The standard InChI is InChI=1S/C14H22N2O5S/c1-20-9-10-21-11-12-22(18,19)16-8-7-15-14(17)13-5-3-2-4-6-13/h2-6,16H,7-12H2,1H3,(H,15,17). The van der Waals surface area contributed by atoms with E-state index in [1.165, 1.54) is 0 Å². The molecule has 0 aliphatic rings. The Kier molecular flexibility index (Phi) is 8.68. The summed E-state index contributed by atoms with van der Waals surface area (Å²) in [5, 5.41) is 2.64. The van der Waals surface area contributed by atoms with Crippen LogP contribution in [-0.2, 0) is 19.5 Å². The van der Waals surface area contributed by atoms with Crippen LogP contribution in [0.15, 0.2) is 30.3 Å². The van der Waals surface area contributed by atoms with Crippen LogP contribution >= 0.6 is 0 Å². The van der Waals surface area contributed by atoms with Crippen molar-refractivity contribution in [3.63, 3.8) is 0 Å². The maximum absolute atomic E-state index is 11.7. The molecule has 0 fully saturated rings. The van der Waals surface area contributed by atoms with Gasteiger partial charge in [-0.1, -0.05) is 18.2 Å². The topological polar surface area (TPSA) is 93.7 Å². The van der Waals surface area contributed by atoms with Crippen LogP contribution in [0.1, 0.15) is 10.4 Å². The first-order valence-corrected chi connectivity index (χ1v) is 8.57. The molecule has 0 saturated heterocycles. The maximum Gasteiger partial charge on any atom is 0.251 e. The van der Waals surface area contributed by atoms with Gasteiger partial charge in [0.1, 0.15) is 0 Å². The predicted molar refractivity (Wildman–Crippen MR) is 83.3 cm³/mol. The van der Waals surface area contributed by atoms with Crippen molar-refractivity contribution in [2.45, 2.75) is 0 Å². The van der Waals surface area contributed by atoms with Gasteiger partial charge in [0.15, 0.2) is 0 Å². The molecule has 124 valence electrons. The number of hydrogen-bond donors (Lipinski definition) is 2. The number of sulfonamides is 1. The molecule has 0 unspecified atom stereocenters. The summed E-state index contributed by atoms with van der Waals surface area (Å²) in [6.45, 7) is 1.25. The van der Waals surface area contributed by atoms with Gasteiger partial charge in [-0.15, -0.1) is 0 Å². The number of nitrogens with one attached hydrogen (secondary N) is 2. The lowest BCUT2D eigenvalue weighted by molar-refractivity contribution is 0.0784. The van der Waals surface area contributed by atoms with Crippen molar-refractivity contribution in [3.05, 3.63) is 35.9 Å². The van der Waals surface area contributed by atoms with Crippen LogP contribution in [0, 0.1) is 0 Å². The van der Waals surface area contributed by atoms with Crippen molar-refractivity contribution in [2.75, 3.05) is 45.8 Å². The summed E-state index contributed by atoms with van der Waals surface area (Å²) in [7, 11) is -1.85. The third kappa shape index (κ3) is 8.08. The molecule has 0 aliphatic heterocycles. The Morgan fingerprint density at radius 1 is 1.09 bits per heavy atom. The molecular formula is C14H22N2O5S. The monoisotopic (exact) mass is 330 g/mol. The van der Waals surface area contributed by atoms with E-state index in [2.05, 4.69) is 10.0 Å². The van der Waals surface area contributed by atoms with E-state index in [-0.39, 0.29) is 31.4 Å². The smallest absolute Gasteiger partial charge is 0.251 e. The minimum atomic E-state index is -3.40. The third-order valence-electron chi connectivity index (χ3n) is 2.70. The number of amides is 1. The zero-order valence-electron chi connectivity index (χ0n) is 12.6. The van der Waals surface area contributed by atoms with Crippen molar-refractivity contribution >= 4 is 15.9 Å². The minimum absolute atomic E-state index is 0.106. The maximum atomic E-state index is 11.7. The van der Waals surface area contributed by atoms with E-state index in [0.29, 0.717) is 18.8 Å². The highest BCUT2D eigenvalue weighted by molar-refractivity contribution is 7.89. The summed E-state index contributed by atoms with van der Waals surface area (Å²) in [6.07, 6.45) is 0. The van der Waals surface area contributed by atoms with Crippen LogP contribution in [-0.4, -0.2) is 60.1 Å². The number of carbonyl (C=O) groups is 1.